The molecule has 2 unspecified atom stereocenters. The monoisotopic (exact) mass is 185 g/mol. The van der Waals surface area contributed by atoms with Gasteiger partial charge in [0.05, 0.1) is 6.10 Å². The van der Waals surface area contributed by atoms with Crippen molar-refractivity contribution in [3.05, 3.63) is 22.4 Å². The van der Waals surface area contributed by atoms with E-state index in [4.69, 9.17) is 0 Å². The lowest BCUT2D eigenvalue weighted by molar-refractivity contribution is 0.152. The minimum atomic E-state index is -0.288. The van der Waals surface area contributed by atoms with Gasteiger partial charge in [0, 0.05) is 12.6 Å². The zero-order valence-corrected chi connectivity index (χ0v) is 8.27. The standard InChI is InChI=1S/C9H15NOS/c1-7(8(2)11)10-5-9-3-4-12-6-9/h3-4,6-8,10-11H,5H2,1-2H3. The van der Waals surface area contributed by atoms with Crippen molar-refractivity contribution in [2.24, 2.45) is 0 Å². The van der Waals surface area contributed by atoms with Gasteiger partial charge in [-0.3, -0.25) is 0 Å². The van der Waals surface area contributed by atoms with E-state index in [-0.39, 0.29) is 12.1 Å². The van der Waals surface area contributed by atoms with Gasteiger partial charge in [-0.05, 0) is 36.2 Å². The first-order valence-electron chi connectivity index (χ1n) is 4.12. The van der Waals surface area contributed by atoms with Gasteiger partial charge in [-0.2, -0.15) is 11.3 Å². The minimum Gasteiger partial charge on any atom is -0.392 e. The molecule has 1 aromatic heterocycles. The van der Waals surface area contributed by atoms with Gasteiger partial charge in [0.1, 0.15) is 0 Å². The molecule has 68 valence electrons. The Morgan fingerprint density at radius 2 is 2.33 bits per heavy atom. The summed E-state index contributed by atoms with van der Waals surface area (Å²) < 4.78 is 0. The predicted octanol–water partition coefficient (Wildman–Crippen LogP) is 1.61. The summed E-state index contributed by atoms with van der Waals surface area (Å²) in [5.74, 6) is 0. The van der Waals surface area contributed by atoms with Crippen molar-refractivity contribution >= 4 is 11.3 Å². The first-order chi connectivity index (χ1) is 5.70. The van der Waals surface area contributed by atoms with Crippen molar-refractivity contribution in [3.8, 4) is 0 Å². The molecule has 2 N–H and O–H groups in total. The highest BCUT2D eigenvalue weighted by Gasteiger charge is 2.06. The Labute approximate surface area is 77.2 Å². The summed E-state index contributed by atoms with van der Waals surface area (Å²) >= 11 is 1.70. The van der Waals surface area contributed by atoms with Crippen LogP contribution in [0.5, 0.6) is 0 Å². The van der Waals surface area contributed by atoms with Crippen LogP contribution in [0, 0.1) is 0 Å². The SMILES string of the molecule is CC(O)C(C)NCc1ccsc1. The molecular weight excluding hydrogens is 170 g/mol. The van der Waals surface area contributed by atoms with Gasteiger partial charge in [0.2, 0.25) is 0 Å². The van der Waals surface area contributed by atoms with Crippen LogP contribution in [-0.4, -0.2) is 17.3 Å². The molecule has 0 aliphatic carbocycles. The Morgan fingerprint density at radius 3 is 2.83 bits per heavy atom. The van der Waals surface area contributed by atoms with Gasteiger partial charge < -0.3 is 10.4 Å². The van der Waals surface area contributed by atoms with E-state index < -0.39 is 0 Å². The fraction of sp³-hybridized carbons (Fsp3) is 0.556. The highest BCUT2D eigenvalue weighted by Crippen LogP contribution is 2.05. The molecule has 0 amide bonds. The molecule has 1 aromatic rings. The Bertz CT molecular complexity index is 208. The van der Waals surface area contributed by atoms with Gasteiger partial charge in [-0.1, -0.05) is 0 Å². The third-order valence-electron chi connectivity index (χ3n) is 1.93. The average molecular weight is 185 g/mol. The van der Waals surface area contributed by atoms with Crippen molar-refractivity contribution < 1.29 is 5.11 Å². The predicted molar refractivity (Wildman–Crippen MR) is 52.3 cm³/mol. The Hall–Kier alpha value is -0.380. The van der Waals surface area contributed by atoms with Crippen LogP contribution in [0.2, 0.25) is 0 Å². The lowest BCUT2D eigenvalue weighted by atomic mass is 10.2. The van der Waals surface area contributed by atoms with Crippen LogP contribution in [0.15, 0.2) is 16.8 Å². The number of aliphatic hydroxyl groups is 1. The molecule has 0 aromatic carbocycles. The number of hydrogen-bond acceptors (Lipinski definition) is 3. The molecule has 0 radical (unpaired) electrons. The van der Waals surface area contributed by atoms with Crippen LogP contribution in [0.3, 0.4) is 0 Å². The molecule has 0 bridgehead atoms. The molecule has 1 heterocycles. The summed E-state index contributed by atoms with van der Waals surface area (Å²) in [5, 5.41) is 16.6. The topological polar surface area (TPSA) is 32.3 Å². The van der Waals surface area contributed by atoms with Crippen LogP contribution in [-0.2, 0) is 6.54 Å². The first-order valence-corrected chi connectivity index (χ1v) is 5.07. The quantitative estimate of drug-likeness (QED) is 0.747. The second kappa shape index (κ2) is 4.60. The number of hydrogen-bond donors (Lipinski definition) is 2. The van der Waals surface area contributed by atoms with E-state index in [1.165, 1.54) is 5.56 Å². The van der Waals surface area contributed by atoms with Crippen LogP contribution >= 0.6 is 11.3 Å². The number of nitrogens with one attached hydrogen (secondary N) is 1. The molecule has 0 aliphatic heterocycles. The van der Waals surface area contributed by atoms with Crippen molar-refractivity contribution in [2.45, 2.75) is 32.5 Å². The van der Waals surface area contributed by atoms with Gasteiger partial charge in [-0.25, -0.2) is 0 Å². The summed E-state index contributed by atoms with van der Waals surface area (Å²) in [6, 6.07) is 2.25. The van der Waals surface area contributed by atoms with Crippen molar-refractivity contribution in [1.29, 1.82) is 0 Å². The highest BCUT2D eigenvalue weighted by atomic mass is 32.1. The third kappa shape index (κ3) is 2.93. The van der Waals surface area contributed by atoms with Crippen LogP contribution in [0.25, 0.3) is 0 Å². The first kappa shape index (κ1) is 9.71. The maximum absolute atomic E-state index is 9.19. The van der Waals surface area contributed by atoms with Crippen LogP contribution in [0.1, 0.15) is 19.4 Å². The maximum Gasteiger partial charge on any atom is 0.0662 e. The van der Waals surface area contributed by atoms with Gasteiger partial charge >= 0.3 is 0 Å². The number of thiophene rings is 1. The molecule has 2 nitrogen and oxygen atoms in total. The minimum absolute atomic E-state index is 0.157. The normalized spacial score (nSPS) is 15.9. The molecule has 0 fully saturated rings. The summed E-state index contributed by atoms with van der Waals surface area (Å²) in [5.41, 5.74) is 1.28. The molecule has 3 heteroatoms. The smallest absolute Gasteiger partial charge is 0.0662 e. The fourth-order valence-electron chi connectivity index (χ4n) is 0.843. The van der Waals surface area contributed by atoms with E-state index in [1.54, 1.807) is 18.3 Å². The molecule has 0 saturated heterocycles. The van der Waals surface area contributed by atoms with Gasteiger partial charge in [0.15, 0.2) is 0 Å². The summed E-state index contributed by atoms with van der Waals surface area (Å²) in [6.45, 7) is 4.62. The number of rotatable bonds is 4. The van der Waals surface area contributed by atoms with E-state index in [9.17, 15) is 5.11 Å². The molecular formula is C9H15NOS. The zero-order valence-electron chi connectivity index (χ0n) is 7.45. The Balaban J connectivity index is 2.27. The Morgan fingerprint density at radius 1 is 1.58 bits per heavy atom. The van der Waals surface area contributed by atoms with Gasteiger partial charge in [0.25, 0.3) is 0 Å². The molecule has 0 spiro atoms. The maximum atomic E-state index is 9.19. The zero-order chi connectivity index (χ0) is 8.97. The van der Waals surface area contributed by atoms with E-state index in [0.717, 1.165) is 6.54 Å². The van der Waals surface area contributed by atoms with E-state index in [2.05, 4.69) is 22.1 Å². The van der Waals surface area contributed by atoms with Gasteiger partial charge in [-0.15, -0.1) is 0 Å². The average Bonchev–Trinajstić information content (AvgIpc) is 2.51. The van der Waals surface area contributed by atoms with Crippen LogP contribution < -0.4 is 5.32 Å². The lowest BCUT2D eigenvalue weighted by Gasteiger charge is -2.15. The molecule has 1 rings (SSSR count). The lowest BCUT2D eigenvalue weighted by Crippen LogP contribution is -2.34. The van der Waals surface area contributed by atoms with Crippen molar-refractivity contribution in [3.63, 3.8) is 0 Å². The van der Waals surface area contributed by atoms with E-state index >= 15 is 0 Å². The van der Waals surface area contributed by atoms with E-state index in [1.807, 2.05) is 6.92 Å². The van der Waals surface area contributed by atoms with Crippen molar-refractivity contribution in [1.82, 2.24) is 5.32 Å². The summed E-state index contributed by atoms with van der Waals surface area (Å²) in [6.07, 6.45) is -0.288. The second-order valence-corrected chi connectivity index (χ2v) is 3.82. The summed E-state index contributed by atoms with van der Waals surface area (Å²) in [7, 11) is 0. The van der Waals surface area contributed by atoms with E-state index in [0.29, 0.717) is 0 Å². The van der Waals surface area contributed by atoms with Crippen LogP contribution in [0.4, 0.5) is 0 Å². The molecule has 0 aliphatic rings. The molecule has 12 heavy (non-hydrogen) atoms. The second-order valence-electron chi connectivity index (χ2n) is 3.04. The highest BCUT2D eigenvalue weighted by molar-refractivity contribution is 7.07. The summed E-state index contributed by atoms with van der Waals surface area (Å²) in [4.78, 5) is 0. The molecule has 2 atom stereocenters. The van der Waals surface area contributed by atoms with Crippen molar-refractivity contribution in [2.75, 3.05) is 0 Å². The fourth-order valence-corrected chi connectivity index (χ4v) is 1.51. The largest absolute Gasteiger partial charge is 0.392 e. The molecule has 0 saturated carbocycles. The Kier molecular flexibility index (Phi) is 3.72. The third-order valence-corrected chi connectivity index (χ3v) is 2.66. The number of aliphatic hydroxyl groups excluding tert-OH is 1.